The minimum Gasteiger partial charge on any atom is -0.464 e. The maximum absolute atomic E-state index is 11.6. The molecule has 3 aromatic rings. The smallest absolute Gasteiger partial charge is 0.312 e. The SMILES string of the molecule is O=C(Cc1nncs1)OCCSc1nc2c(Cl)cccc2s1. The van der Waals surface area contributed by atoms with Gasteiger partial charge in [-0.05, 0) is 12.1 Å². The molecule has 0 aliphatic rings. The van der Waals surface area contributed by atoms with Crippen LogP contribution in [0.3, 0.4) is 0 Å². The highest BCUT2D eigenvalue weighted by Crippen LogP contribution is 2.32. The van der Waals surface area contributed by atoms with E-state index >= 15 is 0 Å². The number of esters is 1. The zero-order valence-electron chi connectivity index (χ0n) is 11.2. The number of halogens is 1. The average Bonchev–Trinajstić information content (AvgIpc) is 3.13. The van der Waals surface area contributed by atoms with Gasteiger partial charge in [0, 0.05) is 5.75 Å². The van der Waals surface area contributed by atoms with Gasteiger partial charge in [-0.25, -0.2) is 4.98 Å². The van der Waals surface area contributed by atoms with Gasteiger partial charge >= 0.3 is 5.97 Å². The molecule has 0 radical (unpaired) electrons. The highest BCUT2D eigenvalue weighted by atomic mass is 35.5. The van der Waals surface area contributed by atoms with E-state index < -0.39 is 0 Å². The van der Waals surface area contributed by atoms with Gasteiger partial charge in [-0.2, -0.15) is 0 Å². The van der Waals surface area contributed by atoms with Crippen molar-refractivity contribution in [2.75, 3.05) is 12.4 Å². The van der Waals surface area contributed by atoms with Crippen molar-refractivity contribution < 1.29 is 9.53 Å². The fraction of sp³-hybridized carbons (Fsp3) is 0.231. The summed E-state index contributed by atoms with van der Waals surface area (Å²) in [5, 5.41) is 8.81. The molecule has 0 atom stereocenters. The van der Waals surface area contributed by atoms with Crippen LogP contribution < -0.4 is 0 Å². The van der Waals surface area contributed by atoms with Crippen molar-refractivity contribution in [2.45, 2.75) is 10.8 Å². The predicted molar refractivity (Wildman–Crippen MR) is 89.9 cm³/mol. The molecule has 0 amide bonds. The molecule has 0 fully saturated rings. The third kappa shape index (κ3) is 3.95. The van der Waals surface area contributed by atoms with Gasteiger partial charge in [-0.15, -0.1) is 32.9 Å². The standard InChI is InChI=1S/C13H10ClN3O2S3/c14-8-2-1-3-9-12(8)16-13(22-9)20-5-4-19-11(18)6-10-17-15-7-21-10/h1-3,7H,4-6H2. The fourth-order valence-electron chi connectivity index (χ4n) is 1.69. The van der Waals surface area contributed by atoms with Gasteiger partial charge < -0.3 is 4.74 Å². The van der Waals surface area contributed by atoms with E-state index in [-0.39, 0.29) is 12.4 Å². The number of para-hydroxylation sites is 1. The summed E-state index contributed by atoms with van der Waals surface area (Å²) in [6.45, 7) is 0.339. The third-order valence-electron chi connectivity index (χ3n) is 2.62. The van der Waals surface area contributed by atoms with Crippen LogP contribution in [-0.4, -0.2) is 33.5 Å². The van der Waals surface area contributed by atoms with Crippen LogP contribution in [0.15, 0.2) is 28.0 Å². The van der Waals surface area contributed by atoms with Crippen molar-refractivity contribution in [2.24, 2.45) is 0 Å². The number of carbonyl (C=O) groups excluding carboxylic acids is 1. The number of aromatic nitrogens is 3. The summed E-state index contributed by atoms with van der Waals surface area (Å²) >= 11 is 10.6. The van der Waals surface area contributed by atoms with Gasteiger partial charge in [0.1, 0.15) is 22.6 Å². The third-order valence-corrected chi connectivity index (χ3v) is 5.75. The maximum Gasteiger partial charge on any atom is 0.312 e. The molecule has 0 saturated heterocycles. The number of hydrogen-bond donors (Lipinski definition) is 0. The van der Waals surface area contributed by atoms with Crippen molar-refractivity contribution in [3.8, 4) is 0 Å². The van der Waals surface area contributed by atoms with Crippen molar-refractivity contribution in [3.05, 3.63) is 33.7 Å². The van der Waals surface area contributed by atoms with E-state index in [1.54, 1.807) is 28.6 Å². The molecule has 2 heterocycles. The molecular weight excluding hydrogens is 362 g/mol. The molecule has 2 aromatic heterocycles. The monoisotopic (exact) mass is 371 g/mol. The molecule has 5 nitrogen and oxygen atoms in total. The van der Waals surface area contributed by atoms with Crippen LogP contribution in [0.25, 0.3) is 10.2 Å². The molecule has 22 heavy (non-hydrogen) atoms. The molecule has 0 N–H and O–H groups in total. The molecule has 0 unspecified atom stereocenters. The lowest BCUT2D eigenvalue weighted by atomic mass is 10.3. The zero-order valence-corrected chi connectivity index (χ0v) is 14.4. The lowest BCUT2D eigenvalue weighted by Crippen LogP contribution is -2.10. The second-order valence-corrected chi connectivity index (χ2v) is 7.84. The summed E-state index contributed by atoms with van der Waals surface area (Å²) in [5.74, 6) is 0.365. The normalized spacial score (nSPS) is 11.0. The second kappa shape index (κ2) is 7.36. The first kappa shape index (κ1) is 15.7. The number of carbonyl (C=O) groups is 1. The number of ether oxygens (including phenoxy) is 1. The number of benzene rings is 1. The molecule has 0 aliphatic heterocycles. The quantitative estimate of drug-likeness (QED) is 0.374. The van der Waals surface area contributed by atoms with Crippen molar-refractivity contribution in [1.29, 1.82) is 0 Å². The molecular formula is C13H10ClN3O2S3. The van der Waals surface area contributed by atoms with Crippen molar-refractivity contribution in [1.82, 2.24) is 15.2 Å². The van der Waals surface area contributed by atoms with Crippen LogP contribution in [-0.2, 0) is 16.0 Å². The van der Waals surface area contributed by atoms with Crippen LogP contribution in [0.5, 0.6) is 0 Å². The van der Waals surface area contributed by atoms with E-state index in [0.29, 0.717) is 22.4 Å². The summed E-state index contributed by atoms with van der Waals surface area (Å²) < 4.78 is 7.14. The summed E-state index contributed by atoms with van der Waals surface area (Å²) in [4.78, 5) is 16.1. The predicted octanol–water partition coefficient (Wildman–Crippen LogP) is 3.68. The van der Waals surface area contributed by atoms with E-state index in [9.17, 15) is 4.79 Å². The Kier molecular flexibility index (Phi) is 5.24. The van der Waals surface area contributed by atoms with Gasteiger partial charge in [-0.3, -0.25) is 4.79 Å². The Morgan fingerprint density at radius 1 is 1.41 bits per heavy atom. The number of thiazole rings is 1. The Morgan fingerprint density at radius 2 is 2.32 bits per heavy atom. The Labute approximate surface area is 143 Å². The van der Waals surface area contributed by atoms with Crippen molar-refractivity contribution in [3.63, 3.8) is 0 Å². The lowest BCUT2D eigenvalue weighted by molar-refractivity contribution is -0.142. The van der Waals surface area contributed by atoms with E-state index in [4.69, 9.17) is 16.3 Å². The first-order chi connectivity index (χ1) is 10.7. The number of fused-ring (bicyclic) bond motifs is 1. The first-order valence-electron chi connectivity index (χ1n) is 6.31. The Balaban J connectivity index is 1.46. The highest BCUT2D eigenvalue weighted by molar-refractivity contribution is 8.01. The molecule has 0 bridgehead atoms. The highest BCUT2D eigenvalue weighted by Gasteiger charge is 2.09. The summed E-state index contributed by atoms with van der Waals surface area (Å²) in [7, 11) is 0. The van der Waals surface area contributed by atoms with Crippen LogP contribution in [0.4, 0.5) is 0 Å². The van der Waals surface area contributed by atoms with Crippen LogP contribution >= 0.6 is 46.0 Å². The van der Waals surface area contributed by atoms with Gasteiger partial charge in [0.15, 0.2) is 4.34 Å². The topological polar surface area (TPSA) is 65.0 Å². The fourth-order valence-corrected chi connectivity index (χ4v) is 4.45. The molecule has 1 aromatic carbocycles. The Morgan fingerprint density at radius 3 is 3.09 bits per heavy atom. The number of nitrogens with zero attached hydrogens (tertiary/aromatic N) is 3. The van der Waals surface area contributed by atoms with E-state index in [2.05, 4.69) is 15.2 Å². The van der Waals surface area contributed by atoms with Gasteiger partial charge in [-0.1, -0.05) is 29.4 Å². The van der Waals surface area contributed by atoms with Crippen LogP contribution in [0.1, 0.15) is 5.01 Å². The van der Waals surface area contributed by atoms with E-state index in [1.807, 2.05) is 18.2 Å². The largest absolute Gasteiger partial charge is 0.464 e. The number of thioether (sulfide) groups is 1. The van der Waals surface area contributed by atoms with Gasteiger partial charge in [0.25, 0.3) is 0 Å². The minimum atomic E-state index is -0.287. The Bertz CT molecular complexity index is 776. The van der Waals surface area contributed by atoms with Crippen molar-refractivity contribution >= 4 is 62.2 Å². The second-order valence-electron chi connectivity index (χ2n) is 4.14. The molecule has 114 valence electrons. The number of hydrogen-bond acceptors (Lipinski definition) is 8. The minimum absolute atomic E-state index is 0.173. The van der Waals surface area contributed by atoms with E-state index in [1.165, 1.54) is 11.3 Å². The van der Waals surface area contributed by atoms with Crippen LogP contribution in [0, 0.1) is 0 Å². The molecule has 0 spiro atoms. The number of rotatable bonds is 6. The van der Waals surface area contributed by atoms with Crippen LogP contribution in [0.2, 0.25) is 5.02 Å². The summed E-state index contributed by atoms with van der Waals surface area (Å²) in [5.41, 5.74) is 2.42. The molecule has 9 heteroatoms. The molecule has 0 aliphatic carbocycles. The van der Waals surface area contributed by atoms with E-state index in [0.717, 1.165) is 14.6 Å². The van der Waals surface area contributed by atoms with Gasteiger partial charge in [0.05, 0.1) is 16.1 Å². The molecule has 3 rings (SSSR count). The zero-order chi connectivity index (χ0) is 15.4. The summed E-state index contributed by atoms with van der Waals surface area (Å²) in [6.07, 6.45) is 0.173. The van der Waals surface area contributed by atoms with Gasteiger partial charge in [0.2, 0.25) is 0 Å². The summed E-state index contributed by atoms with van der Waals surface area (Å²) in [6, 6.07) is 5.73. The average molecular weight is 372 g/mol. The maximum atomic E-state index is 11.6. The Hall–Kier alpha value is -1.22. The first-order valence-corrected chi connectivity index (χ1v) is 9.37. The molecule has 0 saturated carbocycles. The lowest BCUT2D eigenvalue weighted by Gasteiger charge is -2.01.